The van der Waals surface area contributed by atoms with Crippen molar-refractivity contribution in [3.8, 4) is 0 Å². The predicted octanol–water partition coefficient (Wildman–Crippen LogP) is 2.78. The molecule has 0 radical (unpaired) electrons. The summed E-state index contributed by atoms with van der Waals surface area (Å²) >= 11 is 1.63. The Labute approximate surface area is 156 Å². The molecular formula is C19H36N2O3S. The number of rotatable bonds is 12. The van der Waals surface area contributed by atoms with Crippen molar-refractivity contribution in [1.82, 2.24) is 4.90 Å². The van der Waals surface area contributed by atoms with E-state index in [1.165, 1.54) is 57.8 Å². The molecule has 0 aliphatic carbocycles. The van der Waals surface area contributed by atoms with E-state index in [4.69, 9.17) is 0 Å². The van der Waals surface area contributed by atoms with Crippen molar-refractivity contribution in [3.63, 3.8) is 0 Å². The van der Waals surface area contributed by atoms with Crippen LogP contribution in [0.1, 0.15) is 71.1 Å². The van der Waals surface area contributed by atoms with Gasteiger partial charge in [-0.2, -0.15) is 0 Å². The second-order valence-corrected chi connectivity index (χ2v) is 8.35. The summed E-state index contributed by atoms with van der Waals surface area (Å²) in [5.41, 5.74) is 0. The van der Waals surface area contributed by atoms with Gasteiger partial charge in [0.1, 0.15) is 12.2 Å². The Morgan fingerprint density at radius 3 is 2.16 bits per heavy atom. The van der Waals surface area contributed by atoms with E-state index in [1.54, 1.807) is 11.8 Å². The van der Waals surface area contributed by atoms with Crippen LogP contribution in [0.15, 0.2) is 4.99 Å². The molecule has 2 aliphatic rings. The van der Waals surface area contributed by atoms with Gasteiger partial charge < -0.3 is 20.2 Å². The Kier molecular flexibility index (Phi) is 9.60. The monoisotopic (exact) mass is 372 g/mol. The summed E-state index contributed by atoms with van der Waals surface area (Å²) in [7, 11) is 0. The molecule has 0 saturated carbocycles. The number of aliphatic hydroxyl groups excluding tert-OH is 3. The molecule has 0 bridgehead atoms. The Hall–Kier alpha value is -0.300. The standard InChI is InChI=1S/C19H36N2O3S/c1-2-3-4-5-6-7-8-9-10-11-12-20-19-21-15(13-22)17(23)18(24)16(21)14-25-19/h15-18,22-24H,2-14H2,1H3/t15-,16-,17-,18-/m0/s1. The third kappa shape index (κ3) is 5.84. The van der Waals surface area contributed by atoms with Gasteiger partial charge in [-0.3, -0.25) is 4.99 Å². The fourth-order valence-corrected chi connectivity index (χ4v) is 5.10. The zero-order valence-corrected chi connectivity index (χ0v) is 16.5. The van der Waals surface area contributed by atoms with Crippen LogP contribution in [0.3, 0.4) is 0 Å². The van der Waals surface area contributed by atoms with Crippen LogP contribution in [0.25, 0.3) is 0 Å². The van der Waals surface area contributed by atoms with Crippen molar-refractivity contribution >= 4 is 16.9 Å². The lowest BCUT2D eigenvalue weighted by atomic mass is 10.1. The molecule has 2 saturated heterocycles. The number of hydrogen-bond donors (Lipinski definition) is 3. The van der Waals surface area contributed by atoms with E-state index < -0.39 is 18.2 Å². The summed E-state index contributed by atoms with van der Waals surface area (Å²) in [5.74, 6) is 0.742. The second kappa shape index (κ2) is 11.4. The van der Waals surface area contributed by atoms with Crippen molar-refractivity contribution in [3.05, 3.63) is 0 Å². The minimum atomic E-state index is -0.876. The average Bonchev–Trinajstić information content (AvgIpc) is 3.12. The topological polar surface area (TPSA) is 76.3 Å². The van der Waals surface area contributed by atoms with Crippen LogP contribution < -0.4 is 0 Å². The highest BCUT2D eigenvalue weighted by Gasteiger charge is 2.51. The zero-order valence-electron chi connectivity index (χ0n) is 15.6. The number of nitrogens with zero attached hydrogens (tertiary/aromatic N) is 2. The SMILES string of the molecule is CCCCCCCCCCCCN=C1SC[C@H]2[C@H](O)[C@@H](O)[C@H](CO)N12. The van der Waals surface area contributed by atoms with Crippen LogP contribution in [0.4, 0.5) is 0 Å². The predicted molar refractivity (Wildman–Crippen MR) is 105 cm³/mol. The van der Waals surface area contributed by atoms with E-state index in [0.717, 1.165) is 23.9 Å². The van der Waals surface area contributed by atoms with E-state index in [1.807, 2.05) is 4.90 Å². The number of fused-ring (bicyclic) bond motifs is 1. The Bertz CT molecular complexity index is 406. The summed E-state index contributed by atoms with van der Waals surface area (Å²) in [6.07, 6.45) is 11.5. The van der Waals surface area contributed by atoms with Crippen LogP contribution in [-0.2, 0) is 0 Å². The zero-order chi connectivity index (χ0) is 18.1. The molecule has 2 rings (SSSR count). The van der Waals surface area contributed by atoms with E-state index in [9.17, 15) is 15.3 Å². The van der Waals surface area contributed by atoms with Crippen molar-refractivity contribution in [1.29, 1.82) is 0 Å². The molecule has 4 atom stereocenters. The molecule has 0 amide bonds. The van der Waals surface area contributed by atoms with Gasteiger partial charge in [-0.1, -0.05) is 76.5 Å². The van der Waals surface area contributed by atoms with Crippen LogP contribution >= 0.6 is 11.8 Å². The van der Waals surface area contributed by atoms with Gasteiger partial charge in [-0.25, -0.2) is 0 Å². The van der Waals surface area contributed by atoms with Gasteiger partial charge in [-0.15, -0.1) is 0 Å². The van der Waals surface area contributed by atoms with Crippen molar-refractivity contribution in [2.75, 3.05) is 18.9 Å². The largest absolute Gasteiger partial charge is 0.394 e. The minimum Gasteiger partial charge on any atom is -0.394 e. The molecule has 0 aromatic rings. The highest BCUT2D eigenvalue weighted by atomic mass is 32.2. The fourth-order valence-electron chi connectivity index (χ4n) is 3.82. The van der Waals surface area contributed by atoms with Crippen LogP contribution in [-0.4, -0.2) is 68.6 Å². The fraction of sp³-hybridized carbons (Fsp3) is 0.947. The number of thioether (sulfide) groups is 1. The van der Waals surface area contributed by atoms with Gasteiger partial charge in [0.2, 0.25) is 0 Å². The lowest BCUT2D eigenvalue weighted by Crippen LogP contribution is -2.41. The third-order valence-electron chi connectivity index (χ3n) is 5.40. The number of aliphatic hydroxyl groups is 3. The number of aliphatic imine (C=N–C) groups is 1. The number of amidine groups is 1. The molecule has 146 valence electrons. The molecule has 6 heteroatoms. The molecule has 0 aromatic carbocycles. The quantitative estimate of drug-likeness (QED) is 0.459. The van der Waals surface area contributed by atoms with Gasteiger partial charge >= 0.3 is 0 Å². The molecule has 3 N–H and O–H groups in total. The van der Waals surface area contributed by atoms with Crippen molar-refractivity contribution in [2.24, 2.45) is 4.99 Å². The maximum absolute atomic E-state index is 10.1. The first kappa shape index (κ1) is 21.0. The Balaban J connectivity index is 1.58. The molecular weight excluding hydrogens is 336 g/mol. The van der Waals surface area contributed by atoms with Crippen molar-refractivity contribution in [2.45, 2.75) is 95.4 Å². The van der Waals surface area contributed by atoms with Gasteiger partial charge in [0.15, 0.2) is 5.17 Å². The lowest BCUT2D eigenvalue weighted by molar-refractivity contribution is 0.0206. The minimum absolute atomic E-state index is 0.108. The van der Waals surface area contributed by atoms with Crippen molar-refractivity contribution < 1.29 is 15.3 Å². The van der Waals surface area contributed by atoms with Crippen LogP contribution in [0.5, 0.6) is 0 Å². The lowest BCUT2D eigenvalue weighted by Gasteiger charge is -2.24. The molecule has 2 heterocycles. The Morgan fingerprint density at radius 1 is 0.960 bits per heavy atom. The summed E-state index contributed by atoms with van der Waals surface area (Å²) in [6, 6.07) is -0.523. The highest BCUT2D eigenvalue weighted by Crippen LogP contribution is 2.36. The Morgan fingerprint density at radius 2 is 1.56 bits per heavy atom. The summed E-state index contributed by atoms with van der Waals surface area (Å²) in [5, 5.41) is 30.5. The van der Waals surface area contributed by atoms with Gasteiger partial charge in [-0.05, 0) is 6.42 Å². The maximum atomic E-state index is 10.1. The molecule has 0 unspecified atom stereocenters. The maximum Gasteiger partial charge on any atom is 0.160 e. The van der Waals surface area contributed by atoms with Gasteiger partial charge in [0, 0.05) is 12.3 Å². The number of unbranched alkanes of at least 4 members (excludes halogenated alkanes) is 9. The summed E-state index contributed by atoms with van der Waals surface area (Å²) < 4.78 is 0. The van der Waals surface area contributed by atoms with E-state index in [-0.39, 0.29) is 12.6 Å². The summed E-state index contributed by atoms with van der Waals surface area (Å²) in [6.45, 7) is 2.91. The van der Waals surface area contributed by atoms with E-state index in [2.05, 4.69) is 11.9 Å². The smallest absolute Gasteiger partial charge is 0.160 e. The van der Waals surface area contributed by atoms with Gasteiger partial charge in [0.25, 0.3) is 0 Å². The summed E-state index contributed by atoms with van der Waals surface area (Å²) in [4.78, 5) is 6.61. The first-order valence-electron chi connectivity index (χ1n) is 10.1. The van der Waals surface area contributed by atoms with Crippen LogP contribution in [0, 0.1) is 0 Å². The average molecular weight is 373 g/mol. The van der Waals surface area contributed by atoms with Crippen LogP contribution in [0.2, 0.25) is 0 Å². The molecule has 0 aromatic heterocycles. The highest BCUT2D eigenvalue weighted by molar-refractivity contribution is 8.14. The van der Waals surface area contributed by atoms with E-state index in [0.29, 0.717) is 0 Å². The molecule has 2 fully saturated rings. The number of hydrogen-bond acceptors (Lipinski definition) is 5. The normalized spacial score (nSPS) is 30.4. The third-order valence-corrected chi connectivity index (χ3v) is 6.51. The molecule has 0 spiro atoms. The molecule has 2 aliphatic heterocycles. The van der Waals surface area contributed by atoms with Gasteiger partial charge in [0.05, 0.1) is 18.7 Å². The first-order chi connectivity index (χ1) is 12.2. The first-order valence-corrected chi connectivity index (χ1v) is 11.1. The second-order valence-electron chi connectivity index (χ2n) is 7.36. The molecule has 25 heavy (non-hydrogen) atoms. The van der Waals surface area contributed by atoms with E-state index >= 15 is 0 Å². The molecule has 5 nitrogen and oxygen atoms in total.